The Bertz CT molecular complexity index is 823. The zero-order valence-corrected chi connectivity index (χ0v) is 19.0. The van der Waals surface area contributed by atoms with E-state index in [1.165, 1.54) is 5.39 Å². The van der Waals surface area contributed by atoms with E-state index in [9.17, 15) is 9.36 Å². The van der Waals surface area contributed by atoms with Crippen molar-refractivity contribution in [2.24, 2.45) is 5.92 Å². The highest BCUT2D eigenvalue weighted by atomic mass is 32.2. The molecule has 28 heavy (non-hydrogen) atoms. The summed E-state index contributed by atoms with van der Waals surface area (Å²) >= 11 is 1.56. The quantitative estimate of drug-likeness (QED) is 0.264. The van der Waals surface area contributed by atoms with Crippen molar-refractivity contribution in [3.05, 3.63) is 42.5 Å². The summed E-state index contributed by atoms with van der Waals surface area (Å²) in [5.74, 6) is -0.420. The molecular formula is C22H30O4PS+. The third kappa shape index (κ3) is 5.34. The molecule has 0 aromatic heterocycles. The topological polar surface area (TPSA) is 52.6 Å². The average Bonchev–Trinajstić information content (AvgIpc) is 2.66. The number of esters is 1. The lowest BCUT2D eigenvalue weighted by atomic mass is 9.93. The molecule has 4 nitrogen and oxygen atoms in total. The molecule has 0 N–H and O–H groups in total. The Labute approximate surface area is 173 Å². The Balaban J connectivity index is 2.19. The fourth-order valence-corrected chi connectivity index (χ4v) is 7.08. The zero-order chi connectivity index (χ0) is 20.7. The molecule has 2 rings (SSSR count). The molecule has 2 aromatic rings. The Morgan fingerprint density at radius 2 is 1.79 bits per heavy atom. The van der Waals surface area contributed by atoms with Gasteiger partial charge in [0.15, 0.2) is 11.2 Å². The van der Waals surface area contributed by atoms with Gasteiger partial charge in [-0.1, -0.05) is 60.5 Å². The van der Waals surface area contributed by atoms with E-state index in [4.69, 9.17) is 9.47 Å². The number of carbonyl (C=O) groups is 1. The molecule has 0 amide bonds. The smallest absolute Gasteiger partial charge is 0.356 e. The van der Waals surface area contributed by atoms with Gasteiger partial charge in [-0.25, -0.2) is 4.79 Å². The molecule has 3 unspecified atom stereocenters. The van der Waals surface area contributed by atoms with Crippen molar-refractivity contribution < 1.29 is 18.8 Å². The van der Waals surface area contributed by atoms with E-state index < -0.39 is 25.0 Å². The lowest BCUT2D eigenvalue weighted by Crippen LogP contribution is -2.51. The maximum absolute atomic E-state index is 13.3. The van der Waals surface area contributed by atoms with Crippen molar-refractivity contribution >= 4 is 36.3 Å². The summed E-state index contributed by atoms with van der Waals surface area (Å²) in [4.78, 5) is 13.7. The molecule has 0 aliphatic rings. The average molecular weight is 422 g/mol. The molecule has 152 valence electrons. The van der Waals surface area contributed by atoms with E-state index in [2.05, 4.69) is 24.3 Å². The van der Waals surface area contributed by atoms with Crippen LogP contribution in [0, 0.1) is 5.92 Å². The van der Waals surface area contributed by atoms with Crippen molar-refractivity contribution in [1.82, 2.24) is 0 Å². The normalized spacial score (nSPS) is 15.3. The number of fused-ring (bicyclic) bond motifs is 1. The van der Waals surface area contributed by atoms with Gasteiger partial charge in [0, 0.05) is 17.4 Å². The van der Waals surface area contributed by atoms with Crippen LogP contribution < -0.4 is 0 Å². The second kappa shape index (κ2) is 10.4. The molecule has 0 spiro atoms. The van der Waals surface area contributed by atoms with Crippen molar-refractivity contribution in [1.29, 1.82) is 0 Å². The number of rotatable bonds is 10. The van der Waals surface area contributed by atoms with Crippen molar-refractivity contribution in [3.8, 4) is 0 Å². The first-order valence-corrected chi connectivity index (χ1v) is 12.2. The number of carbonyl (C=O) groups excluding carboxylic acids is 1. The number of ether oxygens (including phenoxy) is 2. The van der Waals surface area contributed by atoms with Gasteiger partial charge in [-0.3, -0.25) is 0 Å². The molecule has 0 bridgehead atoms. The monoisotopic (exact) mass is 421 g/mol. The maximum atomic E-state index is 13.3. The van der Waals surface area contributed by atoms with Crippen LogP contribution >= 0.6 is 19.6 Å². The standard InChI is InChI=1S/C22H30O4PS/c1-6-25-21(23)22(5,26-7-2)20(16(3)4)27(24)15-28-19-13-12-17-10-8-9-11-18(17)14-19/h8-14,16,20H,6-7,15H2,1-5H3/q+1. The van der Waals surface area contributed by atoms with Gasteiger partial charge in [0.1, 0.15) is 0 Å². The lowest BCUT2D eigenvalue weighted by molar-refractivity contribution is -0.170. The van der Waals surface area contributed by atoms with Crippen molar-refractivity contribution in [2.45, 2.75) is 50.8 Å². The van der Waals surface area contributed by atoms with Crippen LogP contribution in [-0.2, 0) is 18.8 Å². The second-order valence-electron chi connectivity index (χ2n) is 7.15. The molecule has 0 aliphatic carbocycles. The highest BCUT2D eigenvalue weighted by Crippen LogP contribution is 2.46. The van der Waals surface area contributed by atoms with Crippen LogP contribution in [0.15, 0.2) is 47.4 Å². The fraction of sp³-hybridized carbons (Fsp3) is 0.500. The van der Waals surface area contributed by atoms with Crippen LogP contribution in [0.1, 0.15) is 34.6 Å². The Morgan fingerprint density at radius 3 is 2.39 bits per heavy atom. The minimum Gasteiger partial charge on any atom is -0.464 e. The van der Waals surface area contributed by atoms with E-state index in [0.29, 0.717) is 12.1 Å². The summed E-state index contributed by atoms with van der Waals surface area (Å²) < 4.78 is 24.4. The molecule has 2 aromatic carbocycles. The SMILES string of the molecule is CCOC(=O)C(C)(OCC)C(C(C)C)[P+](=O)CSc1ccc2ccccc2c1. The number of hydrogen-bond acceptors (Lipinski definition) is 5. The largest absolute Gasteiger partial charge is 0.464 e. The molecular weight excluding hydrogens is 391 g/mol. The van der Waals surface area contributed by atoms with E-state index in [-0.39, 0.29) is 12.5 Å². The Morgan fingerprint density at radius 1 is 1.11 bits per heavy atom. The van der Waals surface area contributed by atoms with Crippen LogP contribution in [0.5, 0.6) is 0 Å². The first kappa shape index (κ1) is 22.9. The van der Waals surface area contributed by atoms with E-state index in [1.807, 2.05) is 39.0 Å². The summed E-state index contributed by atoms with van der Waals surface area (Å²) in [6.45, 7) is 9.92. The molecule has 0 heterocycles. The molecule has 0 radical (unpaired) electrons. The van der Waals surface area contributed by atoms with Crippen LogP contribution in [0.3, 0.4) is 0 Å². The Kier molecular flexibility index (Phi) is 8.48. The zero-order valence-electron chi connectivity index (χ0n) is 17.3. The van der Waals surface area contributed by atoms with Gasteiger partial charge in [0.2, 0.25) is 5.60 Å². The third-order valence-electron chi connectivity index (χ3n) is 4.71. The Hall–Kier alpha value is -1.42. The second-order valence-corrected chi connectivity index (χ2v) is 10.3. The molecule has 3 atom stereocenters. The molecule has 0 fully saturated rings. The first-order valence-electron chi connectivity index (χ1n) is 9.70. The van der Waals surface area contributed by atoms with Gasteiger partial charge < -0.3 is 9.47 Å². The lowest BCUT2D eigenvalue weighted by Gasteiger charge is -2.31. The minimum absolute atomic E-state index is 0.0155. The summed E-state index contributed by atoms with van der Waals surface area (Å²) in [5.41, 5.74) is -1.20. The highest BCUT2D eigenvalue weighted by Gasteiger charge is 2.55. The summed E-state index contributed by atoms with van der Waals surface area (Å²) in [5, 5.41) is 2.34. The van der Waals surface area contributed by atoms with Crippen LogP contribution in [0.2, 0.25) is 0 Å². The van der Waals surface area contributed by atoms with E-state index >= 15 is 0 Å². The van der Waals surface area contributed by atoms with Gasteiger partial charge >= 0.3 is 13.8 Å². The molecule has 0 saturated heterocycles. The highest BCUT2D eigenvalue weighted by molar-refractivity contribution is 8.03. The van der Waals surface area contributed by atoms with Gasteiger partial charge in [0.25, 0.3) is 0 Å². The predicted octanol–water partition coefficient (Wildman–Crippen LogP) is 6.10. The summed E-state index contributed by atoms with van der Waals surface area (Å²) in [6, 6.07) is 14.4. The van der Waals surface area contributed by atoms with E-state index in [0.717, 1.165) is 10.3 Å². The number of hydrogen-bond donors (Lipinski definition) is 0. The fourth-order valence-electron chi connectivity index (χ4n) is 3.56. The summed E-state index contributed by atoms with van der Waals surface area (Å²) in [7, 11) is -1.71. The van der Waals surface area contributed by atoms with Crippen molar-refractivity contribution in [3.63, 3.8) is 0 Å². The number of thioether (sulfide) groups is 1. The van der Waals surface area contributed by atoms with E-state index in [1.54, 1.807) is 25.6 Å². The molecule has 0 saturated carbocycles. The first-order chi connectivity index (χ1) is 13.3. The van der Waals surface area contributed by atoms with Crippen LogP contribution in [0.4, 0.5) is 0 Å². The van der Waals surface area contributed by atoms with Crippen LogP contribution in [-0.4, -0.2) is 35.9 Å². The van der Waals surface area contributed by atoms with Gasteiger partial charge in [-0.2, -0.15) is 0 Å². The van der Waals surface area contributed by atoms with Crippen molar-refractivity contribution in [2.75, 3.05) is 18.7 Å². The molecule has 6 heteroatoms. The predicted molar refractivity (Wildman–Crippen MR) is 118 cm³/mol. The van der Waals surface area contributed by atoms with Crippen LogP contribution in [0.25, 0.3) is 10.8 Å². The van der Waals surface area contributed by atoms with Gasteiger partial charge in [-0.15, -0.1) is 0 Å². The third-order valence-corrected chi connectivity index (χ3v) is 8.54. The summed E-state index contributed by atoms with van der Waals surface area (Å²) in [6.07, 6.45) is 0. The number of benzene rings is 2. The van der Waals surface area contributed by atoms with Gasteiger partial charge in [-0.05, 0) is 43.7 Å². The van der Waals surface area contributed by atoms with Gasteiger partial charge in [0.05, 0.1) is 6.61 Å². The maximum Gasteiger partial charge on any atom is 0.356 e. The molecule has 0 aliphatic heterocycles. The minimum atomic E-state index is -1.71.